The predicted octanol–water partition coefficient (Wildman–Crippen LogP) is 3.80. The molecule has 2 rings (SSSR count). The molecule has 0 saturated carbocycles. The van der Waals surface area contributed by atoms with Gasteiger partial charge in [0.25, 0.3) is 0 Å². The van der Waals surface area contributed by atoms with Crippen molar-refractivity contribution < 1.29 is 30.8 Å². The molecule has 1 aliphatic rings. The summed E-state index contributed by atoms with van der Waals surface area (Å²) in [5, 5.41) is 3.49. The minimum Gasteiger partial charge on any atom is -0.332 e. The predicted molar refractivity (Wildman–Crippen MR) is 96.6 cm³/mol. The van der Waals surface area contributed by atoms with Gasteiger partial charge in [0.2, 0.25) is 0 Å². The van der Waals surface area contributed by atoms with Crippen LogP contribution in [0.3, 0.4) is 0 Å². The number of carbonyl (C=O) groups is 1. The van der Waals surface area contributed by atoms with E-state index >= 15 is 0 Å². The molecule has 28 heavy (non-hydrogen) atoms. The van der Waals surface area contributed by atoms with E-state index in [2.05, 4.69) is 5.32 Å². The molecule has 10 heteroatoms. The zero-order chi connectivity index (χ0) is 21.1. The first kappa shape index (κ1) is 22.2. The van der Waals surface area contributed by atoms with Crippen molar-refractivity contribution in [2.24, 2.45) is 5.92 Å². The Morgan fingerprint density at radius 1 is 1.36 bits per heavy atom. The van der Waals surface area contributed by atoms with E-state index in [-0.39, 0.29) is 24.9 Å². The fraction of sp³-hybridized carbons (Fsp3) is 0.500. The summed E-state index contributed by atoms with van der Waals surface area (Å²) in [6.45, 7) is 1.39. The summed E-state index contributed by atoms with van der Waals surface area (Å²) in [6, 6.07) is 2.93. The second kappa shape index (κ2) is 8.50. The van der Waals surface area contributed by atoms with Crippen LogP contribution >= 0.6 is 0 Å². The Labute approximate surface area is 161 Å². The van der Waals surface area contributed by atoms with Crippen molar-refractivity contribution in [2.75, 3.05) is 12.8 Å². The standard InChI is InChI=1S/C18H22F4N2O3S/c1-12(7-9-28(2,26)27)23-17(25)24-8-6-14(18(20,21)22)11-16(24)13-4-3-5-15(19)10-13/h3-5,7,9-10,12,14,16H,6,8,11H2,1-2H3,(H,23,25)/b9-7+/t12-,14+,16-/m0/s1. The highest BCUT2D eigenvalue weighted by Gasteiger charge is 2.45. The molecule has 2 amide bonds. The van der Waals surface area contributed by atoms with Gasteiger partial charge in [-0.15, -0.1) is 0 Å². The highest BCUT2D eigenvalue weighted by molar-refractivity contribution is 7.93. The first-order valence-electron chi connectivity index (χ1n) is 8.64. The first-order valence-corrected chi connectivity index (χ1v) is 10.6. The molecule has 1 aromatic carbocycles. The van der Waals surface area contributed by atoms with E-state index in [4.69, 9.17) is 0 Å². The molecule has 1 fully saturated rings. The number of urea groups is 1. The van der Waals surface area contributed by atoms with E-state index in [1.807, 2.05) is 0 Å². The lowest BCUT2D eigenvalue weighted by Gasteiger charge is -2.40. The number of alkyl halides is 3. The summed E-state index contributed by atoms with van der Waals surface area (Å²) in [6.07, 6.45) is -2.75. The quantitative estimate of drug-likeness (QED) is 0.751. The minimum absolute atomic E-state index is 0.153. The molecule has 0 aromatic heterocycles. The van der Waals surface area contributed by atoms with E-state index in [1.165, 1.54) is 29.2 Å². The number of rotatable bonds is 4. The molecule has 5 nitrogen and oxygen atoms in total. The molecule has 0 radical (unpaired) electrons. The summed E-state index contributed by atoms with van der Waals surface area (Å²) >= 11 is 0. The number of amides is 2. The van der Waals surface area contributed by atoms with Gasteiger partial charge in [-0.1, -0.05) is 18.2 Å². The lowest BCUT2D eigenvalue weighted by Crippen LogP contribution is -2.49. The molecule has 1 N–H and O–H groups in total. The molecular weight excluding hydrogens is 400 g/mol. The maximum atomic E-state index is 13.6. The number of hydrogen-bond acceptors (Lipinski definition) is 3. The monoisotopic (exact) mass is 422 g/mol. The van der Waals surface area contributed by atoms with Crippen molar-refractivity contribution in [1.82, 2.24) is 10.2 Å². The highest BCUT2D eigenvalue weighted by atomic mass is 32.2. The molecule has 3 atom stereocenters. The van der Waals surface area contributed by atoms with Crippen molar-refractivity contribution in [1.29, 1.82) is 0 Å². The second-order valence-corrected chi connectivity index (χ2v) is 8.85. The number of piperidine rings is 1. The third kappa shape index (κ3) is 6.22. The summed E-state index contributed by atoms with van der Waals surface area (Å²) in [5.41, 5.74) is 0.281. The summed E-state index contributed by atoms with van der Waals surface area (Å²) in [5.74, 6) is -2.19. The van der Waals surface area contributed by atoms with Crippen molar-refractivity contribution in [3.63, 3.8) is 0 Å². The van der Waals surface area contributed by atoms with Crippen molar-refractivity contribution in [3.05, 3.63) is 47.1 Å². The van der Waals surface area contributed by atoms with Crippen molar-refractivity contribution in [2.45, 2.75) is 38.0 Å². The van der Waals surface area contributed by atoms with E-state index in [1.54, 1.807) is 6.92 Å². The lowest BCUT2D eigenvalue weighted by atomic mass is 9.87. The van der Waals surface area contributed by atoms with Crippen LogP contribution < -0.4 is 5.32 Å². The molecule has 0 unspecified atom stereocenters. The highest BCUT2D eigenvalue weighted by Crippen LogP contribution is 2.42. The Morgan fingerprint density at radius 3 is 2.61 bits per heavy atom. The third-order valence-corrected chi connectivity index (χ3v) is 5.18. The second-order valence-electron chi connectivity index (χ2n) is 6.92. The smallest absolute Gasteiger partial charge is 0.332 e. The Balaban J connectivity index is 2.22. The van der Waals surface area contributed by atoms with Gasteiger partial charge >= 0.3 is 12.2 Å². The average Bonchev–Trinajstić information content (AvgIpc) is 2.58. The number of likely N-dealkylation sites (tertiary alicyclic amines) is 1. The van der Waals surface area contributed by atoms with Crippen LogP contribution in [0.15, 0.2) is 35.7 Å². The number of carbonyl (C=O) groups excluding carboxylic acids is 1. The van der Waals surface area contributed by atoms with Crippen molar-refractivity contribution >= 4 is 15.9 Å². The molecule has 0 spiro atoms. The van der Waals surface area contributed by atoms with Crippen molar-refractivity contribution in [3.8, 4) is 0 Å². The van der Waals surface area contributed by atoms with Gasteiger partial charge in [-0.3, -0.25) is 0 Å². The molecule has 0 bridgehead atoms. The summed E-state index contributed by atoms with van der Waals surface area (Å²) in [4.78, 5) is 13.9. The van der Waals surface area contributed by atoms with E-state index in [0.717, 1.165) is 17.7 Å². The largest absolute Gasteiger partial charge is 0.391 e. The van der Waals surface area contributed by atoms with Crippen LogP contribution in [0.25, 0.3) is 0 Å². The normalized spacial score (nSPS) is 22.3. The molecule has 1 heterocycles. The van der Waals surface area contributed by atoms with Crippen LogP contribution in [0.5, 0.6) is 0 Å². The fourth-order valence-electron chi connectivity index (χ4n) is 3.12. The van der Waals surface area contributed by atoms with Gasteiger partial charge in [-0.25, -0.2) is 17.6 Å². The number of hydrogen-bond donors (Lipinski definition) is 1. The van der Waals surface area contributed by atoms with Gasteiger partial charge in [0.05, 0.1) is 12.0 Å². The van der Waals surface area contributed by atoms with Crippen LogP contribution in [0.1, 0.15) is 31.4 Å². The molecule has 1 saturated heterocycles. The van der Waals surface area contributed by atoms with Gasteiger partial charge in [0, 0.05) is 24.3 Å². The van der Waals surface area contributed by atoms with E-state index < -0.39 is 45.9 Å². The molecular formula is C18H22F4N2O3S. The topological polar surface area (TPSA) is 66.5 Å². The Hall–Kier alpha value is -2.10. The van der Waals surface area contributed by atoms with E-state index in [0.29, 0.717) is 0 Å². The maximum absolute atomic E-state index is 13.6. The SMILES string of the molecule is C[C@@H](/C=C/S(C)(=O)=O)NC(=O)N1CC[C@@H](C(F)(F)F)C[C@H]1c1cccc(F)c1. The Kier molecular flexibility index (Phi) is 6.74. The first-order chi connectivity index (χ1) is 12.9. The van der Waals surface area contributed by atoms with Gasteiger partial charge < -0.3 is 10.2 Å². The minimum atomic E-state index is -4.40. The Morgan fingerprint density at radius 2 is 2.04 bits per heavy atom. The van der Waals surface area contributed by atoms with Gasteiger partial charge in [-0.05, 0) is 37.5 Å². The average molecular weight is 422 g/mol. The molecule has 1 aromatic rings. The van der Waals surface area contributed by atoms with E-state index in [9.17, 15) is 30.8 Å². The van der Waals surface area contributed by atoms with Crippen LogP contribution in [0, 0.1) is 11.7 Å². The number of nitrogens with zero attached hydrogens (tertiary/aromatic N) is 1. The molecule has 156 valence electrons. The van der Waals surface area contributed by atoms with Gasteiger partial charge in [0.1, 0.15) is 5.82 Å². The zero-order valence-electron chi connectivity index (χ0n) is 15.4. The number of benzene rings is 1. The summed E-state index contributed by atoms with van der Waals surface area (Å²) < 4.78 is 75.5. The van der Waals surface area contributed by atoms with Gasteiger partial charge in [-0.2, -0.15) is 13.2 Å². The molecule has 0 aliphatic carbocycles. The fourth-order valence-corrected chi connectivity index (χ4v) is 3.64. The Bertz CT molecular complexity index is 839. The molecule has 1 aliphatic heterocycles. The lowest BCUT2D eigenvalue weighted by molar-refractivity contribution is -0.188. The van der Waals surface area contributed by atoms with Crippen LogP contribution in [-0.4, -0.2) is 44.4 Å². The number of sulfone groups is 1. The van der Waals surface area contributed by atoms with Gasteiger partial charge in [0.15, 0.2) is 9.84 Å². The maximum Gasteiger partial charge on any atom is 0.391 e. The van der Waals surface area contributed by atoms with Crippen LogP contribution in [0.4, 0.5) is 22.4 Å². The van der Waals surface area contributed by atoms with Crippen LogP contribution in [0.2, 0.25) is 0 Å². The third-order valence-electron chi connectivity index (χ3n) is 4.53. The summed E-state index contributed by atoms with van der Waals surface area (Å²) in [7, 11) is -3.37. The number of halogens is 4. The number of nitrogens with one attached hydrogen (secondary N) is 1. The van der Waals surface area contributed by atoms with Crippen LogP contribution in [-0.2, 0) is 9.84 Å². The zero-order valence-corrected chi connectivity index (χ0v) is 16.2.